The summed E-state index contributed by atoms with van der Waals surface area (Å²) in [6, 6.07) is 50.3. The summed E-state index contributed by atoms with van der Waals surface area (Å²) in [5.74, 6) is 2.79. The topological polar surface area (TPSA) is 36.9 Å². The van der Waals surface area contributed by atoms with E-state index < -0.39 is 0 Å². The van der Waals surface area contributed by atoms with Gasteiger partial charge in [0.25, 0.3) is 0 Å². The van der Waals surface area contributed by atoms with Crippen molar-refractivity contribution in [1.82, 2.24) is 0 Å². The maximum Gasteiger partial charge on any atom is 1.00 e. The molecular formula is C43H37AgO4S. The molecule has 0 saturated carbocycles. The van der Waals surface area contributed by atoms with E-state index in [4.69, 9.17) is 31.6 Å². The molecule has 6 heteroatoms. The molecule has 6 aromatic rings. The van der Waals surface area contributed by atoms with Crippen molar-refractivity contribution in [3.63, 3.8) is 0 Å². The van der Waals surface area contributed by atoms with E-state index in [2.05, 4.69) is 48.6 Å². The molecule has 4 nitrogen and oxygen atoms in total. The Bertz CT molecular complexity index is 1900. The normalized spacial score (nSPS) is 10.7. The second-order valence-corrected chi connectivity index (χ2v) is 11.7. The fraction of sp³-hybridized carbons (Fsp3) is 0.116. The van der Waals surface area contributed by atoms with E-state index in [1.807, 2.05) is 115 Å². The van der Waals surface area contributed by atoms with Crippen molar-refractivity contribution in [2.45, 2.75) is 37.7 Å². The van der Waals surface area contributed by atoms with Crippen LogP contribution in [-0.2, 0) is 67.9 Å². The molecule has 0 aliphatic carbocycles. The molecule has 0 fully saturated rings. The van der Waals surface area contributed by atoms with Gasteiger partial charge in [-0.3, -0.25) is 0 Å². The summed E-state index contributed by atoms with van der Waals surface area (Å²) in [6.45, 7) is 1.78. The molecule has 49 heavy (non-hydrogen) atoms. The number of allylic oxidation sites excluding steroid dienone is 1. The first kappa shape index (κ1) is 35.5. The Kier molecular flexibility index (Phi) is 13.5. The second kappa shape index (κ2) is 18.7. The monoisotopic (exact) mass is 756 g/mol. The van der Waals surface area contributed by atoms with E-state index >= 15 is 0 Å². The van der Waals surface area contributed by atoms with Gasteiger partial charge in [0, 0.05) is 0 Å². The minimum absolute atomic E-state index is 0. The molecule has 0 unspecified atom stereocenters. The molecule has 6 aromatic carbocycles. The van der Waals surface area contributed by atoms with Crippen LogP contribution in [0.3, 0.4) is 0 Å². The van der Waals surface area contributed by atoms with Crippen molar-refractivity contribution in [3.8, 4) is 23.0 Å². The van der Waals surface area contributed by atoms with E-state index in [-0.39, 0.29) is 22.4 Å². The largest absolute Gasteiger partial charge is 1.00 e. The zero-order chi connectivity index (χ0) is 32.8. The van der Waals surface area contributed by atoms with Crippen LogP contribution in [0.15, 0.2) is 163 Å². The van der Waals surface area contributed by atoms with Crippen molar-refractivity contribution >= 4 is 18.7 Å². The molecule has 0 saturated heterocycles. The molecule has 0 aromatic heterocycles. The minimum atomic E-state index is 0. The maximum absolute atomic E-state index is 6.30. The predicted molar refractivity (Wildman–Crippen MR) is 194 cm³/mol. The van der Waals surface area contributed by atoms with E-state index in [1.54, 1.807) is 0 Å². The molecule has 0 N–H and O–H groups in total. The van der Waals surface area contributed by atoms with Gasteiger partial charge in [-0.25, -0.2) is 0 Å². The molecule has 250 valence electrons. The van der Waals surface area contributed by atoms with Gasteiger partial charge in [-0.05, 0) is 64.1 Å². The Hall–Kier alpha value is -4.78. The molecule has 6 rings (SSSR count). The Morgan fingerprint density at radius 2 is 0.816 bits per heavy atom. The van der Waals surface area contributed by atoms with Crippen LogP contribution in [0, 0.1) is 0 Å². The summed E-state index contributed by atoms with van der Waals surface area (Å²) in [5, 5.41) is 0. The number of hydrogen-bond donors (Lipinski definition) is 0. The molecule has 0 aliphatic heterocycles. The van der Waals surface area contributed by atoms with Crippen LogP contribution in [-0.4, -0.2) is 0 Å². The van der Waals surface area contributed by atoms with E-state index in [1.165, 1.54) is 0 Å². The van der Waals surface area contributed by atoms with Crippen molar-refractivity contribution < 1.29 is 41.3 Å². The van der Waals surface area contributed by atoms with Gasteiger partial charge in [0.1, 0.15) is 37.9 Å². The van der Waals surface area contributed by atoms with Crippen molar-refractivity contribution in [1.29, 1.82) is 0 Å². The fourth-order valence-electron chi connectivity index (χ4n) is 5.14. The summed E-state index contributed by atoms with van der Waals surface area (Å²) in [4.78, 5) is 0.651. The molecule has 0 amide bonds. The summed E-state index contributed by atoms with van der Waals surface area (Å²) < 4.78 is 25.0. The Morgan fingerprint density at radius 3 is 1.31 bits per heavy atom. The molecule has 0 heterocycles. The number of ether oxygens (including phenoxy) is 4. The van der Waals surface area contributed by atoms with Crippen LogP contribution in [0.2, 0.25) is 0 Å². The Labute approximate surface area is 310 Å². The molecule has 0 aliphatic rings. The molecule has 0 bridgehead atoms. The average molecular weight is 758 g/mol. The van der Waals surface area contributed by atoms with Gasteiger partial charge in [-0.1, -0.05) is 140 Å². The van der Waals surface area contributed by atoms with Crippen LogP contribution in [0.5, 0.6) is 23.0 Å². The van der Waals surface area contributed by atoms with Gasteiger partial charge >= 0.3 is 22.4 Å². The van der Waals surface area contributed by atoms with Crippen molar-refractivity contribution in [3.05, 3.63) is 191 Å². The quantitative estimate of drug-likeness (QED) is 0.0771. The summed E-state index contributed by atoms with van der Waals surface area (Å²) in [7, 11) is 0. The maximum atomic E-state index is 6.30. The summed E-state index contributed by atoms with van der Waals surface area (Å²) >= 11 is 5.97. The number of benzene rings is 6. The summed E-state index contributed by atoms with van der Waals surface area (Å²) in [5.41, 5.74) is 6.25. The van der Waals surface area contributed by atoms with E-state index in [0.717, 1.165) is 39.1 Å². The van der Waals surface area contributed by atoms with Crippen molar-refractivity contribution in [2.75, 3.05) is 0 Å². The van der Waals surface area contributed by atoms with Crippen LogP contribution >= 0.6 is 0 Å². The Balaban J connectivity index is 0.00000468. The van der Waals surface area contributed by atoms with Crippen LogP contribution in [0.1, 0.15) is 33.4 Å². The molecule has 0 spiro atoms. The first-order valence-corrected chi connectivity index (χ1v) is 16.4. The number of rotatable bonds is 15. The molecule has 0 atom stereocenters. The van der Waals surface area contributed by atoms with E-state index in [0.29, 0.717) is 55.0 Å². The summed E-state index contributed by atoms with van der Waals surface area (Å²) in [6.07, 6.45) is 4.74. The predicted octanol–water partition coefficient (Wildman–Crippen LogP) is 10.2. The van der Waals surface area contributed by atoms with Gasteiger partial charge in [0.05, 0.1) is 0 Å². The van der Waals surface area contributed by atoms with E-state index in [9.17, 15) is 0 Å². The SMILES string of the molecule is [Ag+].[S-]c1c(OCc2ccccc2)ccc(OCc2ccccc2)c1C/C=C/c1ccc(OCc2ccccc2)c(OCc2ccccc2)c1. The van der Waals surface area contributed by atoms with Gasteiger partial charge < -0.3 is 31.6 Å². The third-order valence-electron chi connectivity index (χ3n) is 7.73. The number of hydrogen-bond acceptors (Lipinski definition) is 5. The zero-order valence-electron chi connectivity index (χ0n) is 27.0. The fourth-order valence-corrected chi connectivity index (χ4v) is 5.46. The average Bonchev–Trinajstić information content (AvgIpc) is 3.15. The molecule has 0 radical (unpaired) electrons. The Morgan fingerprint density at radius 1 is 0.429 bits per heavy atom. The van der Waals surface area contributed by atoms with Gasteiger partial charge in [0.2, 0.25) is 0 Å². The van der Waals surface area contributed by atoms with Crippen LogP contribution < -0.4 is 18.9 Å². The van der Waals surface area contributed by atoms with Crippen LogP contribution in [0.25, 0.3) is 6.08 Å². The second-order valence-electron chi connectivity index (χ2n) is 11.3. The van der Waals surface area contributed by atoms with Gasteiger partial charge in [0.15, 0.2) is 11.5 Å². The third-order valence-corrected chi connectivity index (χ3v) is 8.18. The standard InChI is InChI=1S/C43H38O4S.Ag/c48-43-38(39(44-29-34-14-5-1-6-15-34)26-27-41(43)46-31-36-18-9-3-10-19-36)23-13-22-33-24-25-40(45-30-35-16-7-2-8-17-35)42(28-33)47-32-37-20-11-4-12-21-37;/h1-22,24-28,48H,23,29-32H2;/q;+1/p-1/b22-13+;. The van der Waals surface area contributed by atoms with Crippen LogP contribution in [0.4, 0.5) is 0 Å². The van der Waals surface area contributed by atoms with Gasteiger partial charge in [-0.15, -0.1) is 4.90 Å². The zero-order valence-corrected chi connectivity index (χ0v) is 29.3. The molecular weight excluding hydrogens is 720 g/mol. The van der Waals surface area contributed by atoms with Gasteiger partial charge in [-0.2, -0.15) is 0 Å². The first-order chi connectivity index (χ1) is 23.7. The third kappa shape index (κ3) is 10.6. The first-order valence-electron chi connectivity index (χ1n) is 16.0. The minimum Gasteiger partial charge on any atom is -0.776 e. The smallest absolute Gasteiger partial charge is 0.776 e. The van der Waals surface area contributed by atoms with Crippen molar-refractivity contribution in [2.24, 2.45) is 0 Å².